The molecule has 1 amide bonds. The SMILES string of the molecule is CC(C)CN(CC(N)=O)c1ccnc(F)c1. The summed E-state index contributed by atoms with van der Waals surface area (Å²) in [6.07, 6.45) is 1.37. The molecule has 1 rings (SSSR count). The largest absolute Gasteiger partial charge is 0.368 e. The topological polar surface area (TPSA) is 59.2 Å². The van der Waals surface area contributed by atoms with Crippen molar-refractivity contribution in [3.8, 4) is 0 Å². The van der Waals surface area contributed by atoms with E-state index in [1.807, 2.05) is 13.8 Å². The number of primary amides is 1. The van der Waals surface area contributed by atoms with Crippen LogP contribution in [0.5, 0.6) is 0 Å². The summed E-state index contributed by atoms with van der Waals surface area (Å²) in [6.45, 7) is 4.77. The monoisotopic (exact) mass is 225 g/mol. The number of aromatic nitrogens is 1. The summed E-state index contributed by atoms with van der Waals surface area (Å²) < 4.78 is 12.9. The smallest absolute Gasteiger partial charge is 0.236 e. The van der Waals surface area contributed by atoms with Crippen molar-refractivity contribution in [1.82, 2.24) is 4.98 Å². The van der Waals surface area contributed by atoms with E-state index in [0.29, 0.717) is 18.2 Å². The van der Waals surface area contributed by atoms with E-state index in [9.17, 15) is 9.18 Å². The van der Waals surface area contributed by atoms with E-state index in [1.54, 1.807) is 11.0 Å². The van der Waals surface area contributed by atoms with Crippen molar-refractivity contribution in [2.45, 2.75) is 13.8 Å². The number of halogens is 1. The molecule has 0 atom stereocenters. The molecule has 0 radical (unpaired) electrons. The first-order chi connectivity index (χ1) is 7.49. The fourth-order valence-electron chi connectivity index (χ4n) is 1.48. The van der Waals surface area contributed by atoms with E-state index in [1.165, 1.54) is 12.3 Å². The van der Waals surface area contributed by atoms with Crippen LogP contribution in [0.15, 0.2) is 18.3 Å². The highest BCUT2D eigenvalue weighted by Gasteiger charge is 2.11. The molecule has 16 heavy (non-hydrogen) atoms. The summed E-state index contributed by atoms with van der Waals surface area (Å²) in [5.74, 6) is -0.635. The highest BCUT2D eigenvalue weighted by molar-refractivity contribution is 5.79. The van der Waals surface area contributed by atoms with Crippen molar-refractivity contribution in [3.05, 3.63) is 24.3 Å². The Labute approximate surface area is 94.3 Å². The predicted octanol–water partition coefficient (Wildman–Crippen LogP) is 1.17. The molecule has 1 heterocycles. The molecular weight excluding hydrogens is 209 g/mol. The predicted molar refractivity (Wildman–Crippen MR) is 60.4 cm³/mol. The van der Waals surface area contributed by atoms with Crippen molar-refractivity contribution in [2.75, 3.05) is 18.0 Å². The summed E-state index contributed by atoms with van der Waals surface area (Å²) in [5.41, 5.74) is 5.78. The van der Waals surface area contributed by atoms with Crippen LogP contribution in [0.3, 0.4) is 0 Å². The third kappa shape index (κ3) is 3.84. The number of nitrogens with zero attached hydrogens (tertiary/aromatic N) is 2. The number of hydrogen-bond acceptors (Lipinski definition) is 3. The second-order valence-electron chi connectivity index (χ2n) is 4.08. The van der Waals surface area contributed by atoms with Crippen LogP contribution < -0.4 is 10.6 Å². The third-order valence-corrected chi connectivity index (χ3v) is 2.01. The minimum atomic E-state index is -0.560. The molecule has 0 fully saturated rings. The fourth-order valence-corrected chi connectivity index (χ4v) is 1.48. The van der Waals surface area contributed by atoms with Crippen LogP contribution in [0.25, 0.3) is 0 Å². The molecule has 0 aliphatic rings. The Balaban J connectivity index is 2.86. The van der Waals surface area contributed by atoms with E-state index < -0.39 is 11.9 Å². The first kappa shape index (κ1) is 12.4. The van der Waals surface area contributed by atoms with E-state index in [4.69, 9.17) is 5.73 Å². The van der Waals surface area contributed by atoms with Crippen molar-refractivity contribution in [1.29, 1.82) is 0 Å². The zero-order chi connectivity index (χ0) is 12.1. The van der Waals surface area contributed by atoms with Crippen LogP contribution in [0.1, 0.15) is 13.8 Å². The molecule has 88 valence electrons. The molecule has 0 saturated carbocycles. The Hall–Kier alpha value is -1.65. The average Bonchev–Trinajstić information content (AvgIpc) is 2.15. The molecule has 0 aromatic carbocycles. The molecule has 0 spiro atoms. The van der Waals surface area contributed by atoms with E-state index in [-0.39, 0.29) is 6.54 Å². The van der Waals surface area contributed by atoms with Crippen molar-refractivity contribution < 1.29 is 9.18 Å². The van der Waals surface area contributed by atoms with Crippen LogP contribution in [-0.2, 0) is 4.79 Å². The van der Waals surface area contributed by atoms with Crippen LogP contribution in [0.2, 0.25) is 0 Å². The maximum absolute atomic E-state index is 12.9. The molecule has 1 aromatic rings. The molecular formula is C11H16FN3O. The average molecular weight is 225 g/mol. The second kappa shape index (κ2) is 5.44. The number of carbonyl (C=O) groups is 1. The summed E-state index contributed by atoms with van der Waals surface area (Å²) in [6, 6.07) is 2.96. The third-order valence-electron chi connectivity index (χ3n) is 2.01. The van der Waals surface area contributed by atoms with Gasteiger partial charge in [-0.25, -0.2) is 4.98 Å². The quantitative estimate of drug-likeness (QED) is 0.765. The van der Waals surface area contributed by atoms with Crippen molar-refractivity contribution in [2.24, 2.45) is 11.7 Å². The minimum absolute atomic E-state index is 0.0850. The number of nitrogens with two attached hydrogens (primary N) is 1. The molecule has 0 saturated heterocycles. The molecule has 0 aliphatic carbocycles. The Morgan fingerprint density at radius 2 is 2.31 bits per heavy atom. The molecule has 5 heteroatoms. The number of hydrogen-bond donors (Lipinski definition) is 1. The highest BCUT2D eigenvalue weighted by Crippen LogP contribution is 2.15. The number of amides is 1. The van der Waals surface area contributed by atoms with Crippen molar-refractivity contribution in [3.63, 3.8) is 0 Å². The number of rotatable bonds is 5. The Morgan fingerprint density at radius 1 is 1.62 bits per heavy atom. The fraction of sp³-hybridized carbons (Fsp3) is 0.455. The molecule has 0 aliphatic heterocycles. The molecule has 0 unspecified atom stereocenters. The van der Waals surface area contributed by atoms with Gasteiger partial charge in [-0.05, 0) is 12.0 Å². The first-order valence-corrected chi connectivity index (χ1v) is 5.14. The lowest BCUT2D eigenvalue weighted by Crippen LogP contribution is -2.36. The standard InChI is InChI=1S/C11H16FN3O/c1-8(2)6-15(7-11(13)16)9-3-4-14-10(12)5-9/h3-5,8H,6-7H2,1-2H3,(H2,13,16). The summed E-state index contributed by atoms with van der Waals surface area (Å²) in [5, 5.41) is 0. The van der Waals surface area contributed by atoms with Gasteiger partial charge in [-0.3, -0.25) is 4.79 Å². The van der Waals surface area contributed by atoms with E-state index in [2.05, 4.69) is 4.98 Å². The van der Waals surface area contributed by atoms with Gasteiger partial charge in [0, 0.05) is 24.5 Å². The van der Waals surface area contributed by atoms with Crippen LogP contribution in [-0.4, -0.2) is 24.0 Å². The Kier molecular flexibility index (Phi) is 4.22. The number of anilines is 1. The van der Waals surface area contributed by atoms with E-state index in [0.717, 1.165) is 0 Å². The highest BCUT2D eigenvalue weighted by atomic mass is 19.1. The zero-order valence-corrected chi connectivity index (χ0v) is 9.48. The zero-order valence-electron chi connectivity index (χ0n) is 9.48. The van der Waals surface area contributed by atoms with Crippen molar-refractivity contribution >= 4 is 11.6 Å². The van der Waals surface area contributed by atoms with Gasteiger partial charge in [0.15, 0.2) is 0 Å². The normalized spacial score (nSPS) is 10.5. The molecule has 1 aromatic heterocycles. The lowest BCUT2D eigenvalue weighted by molar-refractivity contribution is -0.116. The van der Waals surface area contributed by atoms with Gasteiger partial charge in [-0.1, -0.05) is 13.8 Å². The van der Waals surface area contributed by atoms with Gasteiger partial charge in [0.05, 0.1) is 6.54 Å². The minimum Gasteiger partial charge on any atom is -0.368 e. The van der Waals surface area contributed by atoms with E-state index >= 15 is 0 Å². The van der Waals surface area contributed by atoms with Gasteiger partial charge in [-0.2, -0.15) is 4.39 Å². The number of pyridine rings is 1. The maximum Gasteiger partial charge on any atom is 0.236 e. The second-order valence-corrected chi connectivity index (χ2v) is 4.08. The lowest BCUT2D eigenvalue weighted by Gasteiger charge is -2.25. The number of carbonyl (C=O) groups excluding carboxylic acids is 1. The summed E-state index contributed by atoms with van der Waals surface area (Å²) in [7, 11) is 0. The Bertz CT molecular complexity index is 368. The maximum atomic E-state index is 12.9. The molecule has 4 nitrogen and oxygen atoms in total. The summed E-state index contributed by atoms with van der Waals surface area (Å²) in [4.78, 5) is 16.1. The molecule has 2 N–H and O–H groups in total. The van der Waals surface area contributed by atoms with Gasteiger partial charge in [0.1, 0.15) is 0 Å². The first-order valence-electron chi connectivity index (χ1n) is 5.14. The van der Waals surface area contributed by atoms with Gasteiger partial charge in [0.25, 0.3) is 0 Å². The van der Waals surface area contributed by atoms with Gasteiger partial charge in [-0.15, -0.1) is 0 Å². The van der Waals surface area contributed by atoms with Gasteiger partial charge >= 0.3 is 0 Å². The molecule has 0 bridgehead atoms. The van der Waals surface area contributed by atoms with Gasteiger partial charge < -0.3 is 10.6 Å². The van der Waals surface area contributed by atoms with Crippen LogP contribution in [0, 0.1) is 11.9 Å². The van der Waals surface area contributed by atoms with Crippen LogP contribution >= 0.6 is 0 Å². The lowest BCUT2D eigenvalue weighted by atomic mass is 10.2. The van der Waals surface area contributed by atoms with Gasteiger partial charge in [0.2, 0.25) is 11.9 Å². The van der Waals surface area contributed by atoms with Crippen LogP contribution in [0.4, 0.5) is 10.1 Å². The Morgan fingerprint density at radius 3 is 2.81 bits per heavy atom. The summed E-state index contributed by atoms with van der Waals surface area (Å²) >= 11 is 0.